The number of carbonyl (C=O) groups is 2. The van der Waals surface area contributed by atoms with Crippen LogP contribution in [0.2, 0.25) is 0 Å². The minimum absolute atomic E-state index is 0.337. The minimum atomic E-state index is -0.640. The zero-order valence-electron chi connectivity index (χ0n) is 9.51. The molecule has 2 bridgehead atoms. The topological polar surface area (TPSA) is 61.8 Å². The van der Waals surface area contributed by atoms with Gasteiger partial charge < -0.3 is 14.2 Å². The van der Waals surface area contributed by atoms with E-state index in [9.17, 15) is 9.59 Å². The van der Waals surface area contributed by atoms with E-state index >= 15 is 0 Å². The summed E-state index contributed by atoms with van der Waals surface area (Å²) in [6.45, 7) is 2.85. The first kappa shape index (κ1) is 11.7. The third-order valence-corrected chi connectivity index (χ3v) is 2.55. The highest BCUT2D eigenvalue weighted by Gasteiger charge is 2.50. The molecule has 17 heavy (non-hydrogen) atoms. The first-order valence-electron chi connectivity index (χ1n) is 5.26. The highest BCUT2D eigenvalue weighted by molar-refractivity contribution is 5.88. The molecule has 0 aromatic rings. The van der Waals surface area contributed by atoms with Crippen molar-refractivity contribution in [2.45, 2.75) is 38.3 Å². The third kappa shape index (κ3) is 2.32. The number of hydrogen-bond donors (Lipinski definition) is 0. The fourth-order valence-electron chi connectivity index (χ4n) is 1.95. The molecule has 0 spiro atoms. The first-order chi connectivity index (χ1) is 8.11. The average molecular weight is 236 g/mol. The number of fused-ring (bicyclic) bond motifs is 2. The molecule has 0 aromatic heterocycles. The fraction of sp³-hybridized carbons (Fsp3) is 0.500. The van der Waals surface area contributed by atoms with Crippen LogP contribution < -0.4 is 0 Å². The Balaban J connectivity index is 2.07. The number of rotatable bonds is 2. The van der Waals surface area contributed by atoms with Crippen LogP contribution in [0, 0.1) is 11.8 Å². The van der Waals surface area contributed by atoms with Crippen molar-refractivity contribution in [3.63, 3.8) is 0 Å². The summed E-state index contributed by atoms with van der Waals surface area (Å²) < 4.78 is 15.7. The van der Waals surface area contributed by atoms with Gasteiger partial charge in [-0.25, -0.2) is 4.79 Å². The van der Waals surface area contributed by atoms with Gasteiger partial charge in [0.25, 0.3) is 0 Å². The molecular weight excluding hydrogens is 224 g/mol. The van der Waals surface area contributed by atoms with E-state index in [1.54, 1.807) is 19.1 Å². The van der Waals surface area contributed by atoms with E-state index < -0.39 is 24.1 Å². The van der Waals surface area contributed by atoms with E-state index in [1.165, 1.54) is 6.92 Å². The zero-order valence-corrected chi connectivity index (χ0v) is 9.51. The fourth-order valence-corrected chi connectivity index (χ4v) is 1.95. The maximum atomic E-state index is 11.3. The van der Waals surface area contributed by atoms with Crippen molar-refractivity contribution in [1.82, 2.24) is 0 Å². The molecule has 2 heterocycles. The third-order valence-electron chi connectivity index (χ3n) is 2.55. The molecule has 0 amide bonds. The van der Waals surface area contributed by atoms with Gasteiger partial charge in [0.1, 0.15) is 12.2 Å². The Labute approximate surface area is 98.7 Å². The highest BCUT2D eigenvalue weighted by atomic mass is 16.6. The lowest BCUT2D eigenvalue weighted by molar-refractivity contribution is -0.161. The SMILES string of the molecule is CC#CC(=O)O[C@@H]1C2C=CC(O2)[C@@H]1OC(C)=O. The number of hydrogen-bond acceptors (Lipinski definition) is 5. The lowest BCUT2D eigenvalue weighted by Gasteiger charge is -2.23. The molecule has 0 aromatic carbocycles. The monoisotopic (exact) mass is 236 g/mol. The van der Waals surface area contributed by atoms with Gasteiger partial charge in [0, 0.05) is 12.8 Å². The van der Waals surface area contributed by atoms with Gasteiger partial charge in [0.05, 0.1) is 0 Å². The van der Waals surface area contributed by atoms with Gasteiger partial charge in [-0.3, -0.25) is 4.79 Å². The van der Waals surface area contributed by atoms with Crippen LogP contribution in [0.25, 0.3) is 0 Å². The van der Waals surface area contributed by atoms with Crippen molar-refractivity contribution in [3.05, 3.63) is 12.2 Å². The predicted molar refractivity (Wildman–Crippen MR) is 56.7 cm³/mol. The van der Waals surface area contributed by atoms with Crippen molar-refractivity contribution < 1.29 is 23.8 Å². The molecule has 0 radical (unpaired) electrons. The largest absolute Gasteiger partial charge is 0.455 e. The lowest BCUT2D eigenvalue weighted by Crippen LogP contribution is -2.41. The molecule has 2 rings (SSSR count). The van der Waals surface area contributed by atoms with Crippen LogP contribution in [0.5, 0.6) is 0 Å². The van der Waals surface area contributed by atoms with Crippen LogP contribution in [-0.4, -0.2) is 36.4 Å². The van der Waals surface area contributed by atoms with E-state index in [4.69, 9.17) is 14.2 Å². The van der Waals surface area contributed by atoms with Crippen LogP contribution in [0.15, 0.2) is 12.2 Å². The molecule has 1 fully saturated rings. The minimum Gasteiger partial charge on any atom is -0.455 e. The second-order valence-electron chi connectivity index (χ2n) is 3.77. The summed E-state index contributed by atoms with van der Waals surface area (Å²) in [5.74, 6) is 3.66. The molecule has 0 saturated carbocycles. The lowest BCUT2D eigenvalue weighted by atomic mass is 10.0. The van der Waals surface area contributed by atoms with Crippen molar-refractivity contribution in [3.8, 4) is 11.8 Å². The molecule has 0 N–H and O–H groups in total. The summed E-state index contributed by atoms with van der Waals surface area (Å²) >= 11 is 0. The van der Waals surface area contributed by atoms with Gasteiger partial charge in [-0.2, -0.15) is 0 Å². The Hall–Kier alpha value is -1.80. The Kier molecular flexibility index (Phi) is 3.16. The molecule has 0 aliphatic carbocycles. The van der Waals surface area contributed by atoms with Crippen molar-refractivity contribution in [2.75, 3.05) is 0 Å². The Morgan fingerprint density at radius 1 is 1.18 bits per heavy atom. The van der Waals surface area contributed by atoms with Crippen LogP contribution in [0.3, 0.4) is 0 Å². The van der Waals surface area contributed by atoms with Crippen molar-refractivity contribution >= 4 is 11.9 Å². The second kappa shape index (κ2) is 4.60. The molecule has 2 aliphatic heterocycles. The van der Waals surface area contributed by atoms with E-state index in [2.05, 4.69) is 11.8 Å². The van der Waals surface area contributed by atoms with Crippen LogP contribution in [-0.2, 0) is 23.8 Å². The molecule has 2 unspecified atom stereocenters. The molecule has 4 atom stereocenters. The van der Waals surface area contributed by atoms with Gasteiger partial charge in [0.2, 0.25) is 0 Å². The van der Waals surface area contributed by atoms with E-state index in [1.807, 2.05) is 0 Å². The smallest absolute Gasteiger partial charge is 0.384 e. The Bertz CT molecular complexity index is 428. The van der Waals surface area contributed by atoms with Gasteiger partial charge in [0.15, 0.2) is 12.2 Å². The zero-order chi connectivity index (χ0) is 12.4. The highest BCUT2D eigenvalue weighted by Crippen LogP contribution is 2.33. The molecular formula is C12H12O5. The second-order valence-corrected chi connectivity index (χ2v) is 3.77. The summed E-state index contributed by atoms with van der Waals surface area (Å²) in [5, 5.41) is 0. The van der Waals surface area contributed by atoms with Crippen LogP contribution in [0.4, 0.5) is 0 Å². The Morgan fingerprint density at radius 3 is 2.29 bits per heavy atom. The predicted octanol–water partition coefficient (Wildman–Crippen LogP) is 0.190. The summed E-state index contributed by atoms with van der Waals surface area (Å²) in [6, 6.07) is 0. The van der Waals surface area contributed by atoms with Gasteiger partial charge in [-0.05, 0) is 6.92 Å². The van der Waals surface area contributed by atoms with Crippen molar-refractivity contribution in [2.24, 2.45) is 0 Å². The van der Waals surface area contributed by atoms with Gasteiger partial charge >= 0.3 is 11.9 Å². The molecule has 5 heteroatoms. The maximum Gasteiger partial charge on any atom is 0.384 e. The quantitative estimate of drug-likeness (QED) is 0.296. The van der Waals surface area contributed by atoms with Crippen molar-refractivity contribution in [1.29, 1.82) is 0 Å². The van der Waals surface area contributed by atoms with E-state index in [0.29, 0.717) is 0 Å². The normalized spacial score (nSPS) is 32.8. The van der Waals surface area contributed by atoms with Crippen LogP contribution >= 0.6 is 0 Å². The molecule has 90 valence electrons. The average Bonchev–Trinajstić information content (AvgIpc) is 2.81. The van der Waals surface area contributed by atoms with Crippen LogP contribution in [0.1, 0.15) is 13.8 Å². The summed E-state index contributed by atoms with van der Waals surface area (Å²) in [7, 11) is 0. The number of carbonyl (C=O) groups excluding carboxylic acids is 2. The van der Waals surface area contributed by atoms with E-state index in [-0.39, 0.29) is 12.2 Å². The van der Waals surface area contributed by atoms with Gasteiger partial charge in [-0.1, -0.05) is 18.1 Å². The number of ether oxygens (including phenoxy) is 3. The molecule has 1 saturated heterocycles. The summed E-state index contributed by atoms with van der Waals surface area (Å²) in [5.41, 5.74) is 0. The van der Waals surface area contributed by atoms with Gasteiger partial charge in [-0.15, -0.1) is 0 Å². The Morgan fingerprint density at radius 2 is 1.76 bits per heavy atom. The molecule has 2 aliphatic rings. The standard InChI is InChI=1S/C12H12O5/c1-3-4-10(14)17-12-9-6-5-8(16-9)11(12)15-7(2)13/h5-6,8-9,11-12H,1-2H3/t8?,9?,11-,12+/m0/s1. The number of esters is 2. The summed E-state index contributed by atoms with van der Waals surface area (Å²) in [6.07, 6.45) is 1.71. The molecule has 5 nitrogen and oxygen atoms in total. The van der Waals surface area contributed by atoms with E-state index in [0.717, 1.165) is 0 Å². The summed E-state index contributed by atoms with van der Waals surface area (Å²) in [4.78, 5) is 22.3. The first-order valence-corrected chi connectivity index (χ1v) is 5.26. The maximum absolute atomic E-state index is 11.3.